The van der Waals surface area contributed by atoms with Gasteiger partial charge in [-0.05, 0) is 17.7 Å². The molecule has 0 saturated heterocycles. The molecule has 0 aliphatic heterocycles. The van der Waals surface area contributed by atoms with Gasteiger partial charge in [-0.3, -0.25) is 4.79 Å². The maximum Gasteiger partial charge on any atom is 0.216 e. The summed E-state index contributed by atoms with van der Waals surface area (Å²) in [6, 6.07) is 6.00. The van der Waals surface area contributed by atoms with Crippen molar-refractivity contribution in [3.8, 4) is 5.88 Å². The van der Waals surface area contributed by atoms with E-state index >= 15 is 0 Å². The summed E-state index contributed by atoms with van der Waals surface area (Å²) in [7, 11) is 1.45. The number of benzene rings is 1. The van der Waals surface area contributed by atoms with Crippen molar-refractivity contribution in [3.05, 3.63) is 52.1 Å². The lowest BCUT2D eigenvalue weighted by Gasteiger charge is -2.04. The average molecular weight is 325 g/mol. The molecule has 1 aromatic heterocycles. The van der Waals surface area contributed by atoms with E-state index in [1.54, 1.807) is 12.1 Å². The molecule has 0 unspecified atom stereocenters. The fourth-order valence-corrected chi connectivity index (χ4v) is 1.87. The number of hydrogen-bond donors (Lipinski definition) is 0. The molecule has 0 saturated carbocycles. The van der Waals surface area contributed by atoms with E-state index in [2.05, 4.69) is 25.9 Å². The van der Waals surface area contributed by atoms with Crippen LogP contribution in [0.2, 0.25) is 0 Å². The molecule has 0 fully saturated rings. The normalized spacial score (nSPS) is 10.3. The van der Waals surface area contributed by atoms with Crippen molar-refractivity contribution in [3.63, 3.8) is 0 Å². The minimum Gasteiger partial charge on any atom is -0.481 e. The van der Waals surface area contributed by atoms with Crippen LogP contribution in [-0.2, 0) is 6.42 Å². The second-order valence-corrected chi connectivity index (χ2v) is 4.70. The largest absolute Gasteiger partial charge is 0.481 e. The van der Waals surface area contributed by atoms with Gasteiger partial charge in [0.15, 0.2) is 5.78 Å². The zero-order valence-electron chi connectivity index (χ0n) is 10.1. The topological polar surface area (TPSA) is 52.1 Å². The lowest BCUT2D eigenvalue weighted by molar-refractivity contribution is 0.0986. The Morgan fingerprint density at radius 3 is 2.84 bits per heavy atom. The van der Waals surface area contributed by atoms with Crippen LogP contribution >= 0.6 is 15.9 Å². The van der Waals surface area contributed by atoms with E-state index in [4.69, 9.17) is 4.74 Å². The Morgan fingerprint density at radius 1 is 1.37 bits per heavy atom. The molecule has 1 aromatic carbocycles. The molecule has 0 radical (unpaired) electrons. The summed E-state index contributed by atoms with van der Waals surface area (Å²) < 4.78 is 19.2. The second kappa shape index (κ2) is 5.88. The van der Waals surface area contributed by atoms with Crippen LogP contribution in [0.4, 0.5) is 4.39 Å². The highest BCUT2D eigenvalue weighted by Crippen LogP contribution is 2.17. The molecule has 1 heterocycles. The molecule has 0 aliphatic rings. The highest BCUT2D eigenvalue weighted by molar-refractivity contribution is 9.10. The number of carbonyl (C=O) groups excluding carboxylic acids is 1. The zero-order chi connectivity index (χ0) is 13.8. The number of nitrogens with zero attached hydrogens (tertiary/aromatic N) is 2. The van der Waals surface area contributed by atoms with Crippen molar-refractivity contribution in [1.29, 1.82) is 0 Å². The first-order chi connectivity index (χ1) is 9.10. The number of aromatic nitrogens is 2. The fraction of sp³-hybridized carbons (Fsp3) is 0.154. The van der Waals surface area contributed by atoms with Gasteiger partial charge in [0.25, 0.3) is 0 Å². The second-order valence-electron chi connectivity index (χ2n) is 3.78. The minimum absolute atomic E-state index is 0.0563. The van der Waals surface area contributed by atoms with Gasteiger partial charge in [-0.1, -0.05) is 22.0 Å². The third-order valence-electron chi connectivity index (χ3n) is 2.50. The number of rotatable bonds is 4. The average Bonchev–Trinajstić information content (AvgIpc) is 2.42. The number of hydrogen-bond acceptors (Lipinski definition) is 4. The maximum absolute atomic E-state index is 13.6. The van der Waals surface area contributed by atoms with Gasteiger partial charge in [-0.25, -0.2) is 14.4 Å². The molecule has 0 N–H and O–H groups in total. The monoisotopic (exact) mass is 324 g/mol. The van der Waals surface area contributed by atoms with Crippen LogP contribution in [0.25, 0.3) is 0 Å². The fourth-order valence-electron chi connectivity index (χ4n) is 1.53. The summed E-state index contributed by atoms with van der Waals surface area (Å²) in [5.41, 5.74) is 0.528. The Labute approximate surface area is 117 Å². The summed E-state index contributed by atoms with van der Waals surface area (Å²) >= 11 is 3.16. The summed E-state index contributed by atoms with van der Waals surface area (Å²) in [6.45, 7) is 0. The van der Waals surface area contributed by atoms with Crippen LogP contribution < -0.4 is 4.74 Å². The van der Waals surface area contributed by atoms with E-state index in [0.29, 0.717) is 15.9 Å². The van der Waals surface area contributed by atoms with Crippen molar-refractivity contribution in [2.75, 3.05) is 7.11 Å². The van der Waals surface area contributed by atoms with Gasteiger partial charge in [-0.2, -0.15) is 0 Å². The van der Waals surface area contributed by atoms with Gasteiger partial charge in [0.05, 0.1) is 7.11 Å². The third kappa shape index (κ3) is 3.35. The SMILES string of the molecule is COc1cc(C(=O)Cc2ccc(Br)cc2F)ncn1. The zero-order valence-corrected chi connectivity index (χ0v) is 11.6. The van der Waals surface area contributed by atoms with Crippen molar-refractivity contribution in [2.45, 2.75) is 6.42 Å². The standard InChI is InChI=1S/C13H10BrFN2O2/c1-19-13-6-11(16-7-17-13)12(18)4-8-2-3-9(14)5-10(8)15/h2-3,5-7H,4H2,1H3. The Hall–Kier alpha value is -1.82. The quantitative estimate of drug-likeness (QED) is 0.811. The number of halogens is 2. The van der Waals surface area contributed by atoms with Crippen LogP contribution in [0, 0.1) is 5.82 Å². The first-order valence-electron chi connectivity index (χ1n) is 5.43. The summed E-state index contributed by atoms with van der Waals surface area (Å²) in [5.74, 6) is -0.416. The van der Waals surface area contributed by atoms with Crippen LogP contribution in [0.3, 0.4) is 0 Å². The van der Waals surface area contributed by atoms with Crippen molar-refractivity contribution < 1.29 is 13.9 Å². The molecule has 0 atom stereocenters. The van der Waals surface area contributed by atoms with E-state index in [0.717, 1.165) is 0 Å². The van der Waals surface area contributed by atoms with Gasteiger partial charge in [0.1, 0.15) is 17.8 Å². The number of ether oxygens (including phenoxy) is 1. The first-order valence-corrected chi connectivity index (χ1v) is 6.22. The molecule has 98 valence electrons. The van der Waals surface area contributed by atoms with Crippen LogP contribution in [0.5, 0.6) is 5.88 Å². The number of carbonyl (C=O) groups is 1. The lowest BCUT2D eigenvalue weighted by Crippen LogP contribution is -2.08. The molecule has 4 nitrogen and oxygen atoms in total. The molecule has 6 heteroatoms. The molecule has 0 spiro atoms. The smallest absolute Gasteiger partial charge is 0.216 e. The van der Waals surface area contributed by atoms with E-state index in [9.17, 15) is 9.18 Å². The van der Waals surface area contributed by atoms with Crippen LogP contribution in [0.1, 0.15) is 16.1 Å². The Bertz CT molecular complexity index is 619. The molecule has 2 rings (SSSR count). The molecule has 0 amide bonds. The van der Waals surface area contributed by atoms with Gasteiger partial charge < -0.3 is 4.74 Å². The van der Waals surface area contributed by atoms with Crippen molar-refractivity contribution in [2.24, 2.45) is 0 Å². The predicted molar refractivity (Wildman–Crippen MR) is 70.7 cm³/mol. The van der Waals surface area contributed by atoms with Gasteiger partial charge in [0.2, 0.25) is 5.88 Å². The van der Waals surface area contributed by atoms with Gasteiger partial charge in [0, 0.05) is 17.0 Å². The molecule has 2 aromatic rings. The Balaban J connectivity index is 2.20. The van der Waals surface area contributed by atoms with Crippen molar-refractivity contribution in [1.82, 2.24) is 9.97 Å². The summed E-state index contributed by atoms with van der Waals surface area (Å²) in [5, 5.41) is 0. The summed E-state index contributed by atoms with van der Waals surface area (Å²) in [4.78, 5) is 19.7. The molecular formula is C13H10BrFN2O2. The van der Waals surface area contributed by atoms with Crippen molar-refractivity contribution >= 4 is 21.7 Å². The van der Waals surface area contributed by atoms with E-state index in [-0.39, 0.29) is 17.9 Å². The van der Waals surface area contributed by atoms with E-state index in [1.807, 2.05) is 0 Å². The molecule has 0 bridgehead atoms. The molecule has 19 heavy (non-hydrogen) atoms. The summed E-state index contributed by atoms with van der Waals surface area (Å²) in [6.07, 6.45) is 1.18. The lowest BCUT2D eigenvalue weighted by atomic mass is 10.1. The molecule has 0 aliphatic carbocycles. The van der Waals surface area contributed by atoms with Crippen LogP contribution in [0.15, 0.2) is 35.1 Å². The Kier molecular flexibility index (Phi) is 4.21. The highest BCUT2D eigenvalue weighted by Gasteiger charge is 2.13. The van der Waals surface area contributed by atoms with Gasteiger partial charge >= 0.3 is 0 Å². The predicted octanol–water partition coefficient (Wildman–Crippen LogP) is 2.81. The van der Waals surface area contributed by atoms with Crippen LogP contribution in [-0.4, -0.2) is 22.9 Å². The number of ketones is 1. The Morgan fingerprint density at radius 2 is 2.16 bits per heavy atom. The number of Topliss-reactive ketones (excluding diaryl/α,β-unsaturated/α-hetero) is 1. The van der Waals surface area contributed by atoms with E-state index in [1.165, 1.54) is 25.6 Å². The van der Waals surface area contributed by atoms with E-state index < -0.39 is 5.82 Å². The maximum atomic E-state index is 13.6. The highest BCUT2D eigenvalue weighted by atomic mass is 79.9. The third-order valence-corrected chi connectivity index (χ3v) is 3.00. The minimum atomic E-state index is -0.427. The molecular weight excluding hydrogens is 315 g/mol. The first kappa shape index (κ1) is 13.6. The number of methoxy groups -OCH3 is 1. The van der Waals surface area contributed by atoms with Gasteiger partial charge in [-0.15, -0.1) is 0 Å².